The molecule has 1 N–H and O–H groups in total. The Kier molecular flexibility index (Phi) is 4.89. The SMILES string of the molecule is O=C(N/C(=C\c1ccco1)C(=O)N1CCOCC1)c1cccs1. The third kappa shape index (κ3) is 3.88. The average molecular weight is 332 g/mol. The summed E-state index contributed by atoms with van der Waals surface area (Å²) >= 11 is 1.32. The molecule has 2 aromatic heterocycles. The van der Waals surface area contributed by atoms with Crippen LogP contribution in [0.15, 0.2) is 46.0 Å². The zero-order valence-corrected chi connectivity index (χ0v) is 13.2. The molecule has 3 heterocycles. The van der Waals surface area contributed by atoms with Gasteiger partial charge in [0.05, 0.1) is 24.4 Å². The highest BCUT2D eigenvalue weighted by molar-refractivity contribution is 7.12. The first-order chi connectivity index (χ1) is 11.2. The van der Waals surface area contributed by atoms with Crippen molar-refractivity contribution in [1.82, 2.24) is 10.2 Å². The standard InChI is InChI=1S/C16H16N2O4S/c19-15(14-4-2-10-23-14)17-13(11-12-3-1-7-22-12)16(20)18-5-8-21-9-6-18/h1-4,7,10-11H,5-6,8-9H2,(H,17,19)/b13-11-. The molecule has 0 spiro atoms. The monoisotopic (exact) mass is 332 g/mol. The van der Waals surface area contributed by atoms with Crippen LogP contribution in [0, 0.1) is 0 Å². The lowest BCUT2D eigenvalue weighted by Gasteiger charge is -2.27. The molecule has 120 valence electrons. The van der Waals surface area contributed by atoms with Crippen LogP contribution in [-0.4, -0.2) is 43.0 Å². The van der Waals surface area contributed by atoms with Gasteiger partial charge in [-0.05, 0) is 23.6 Å². The molecule has 6 nitrogen and oxygen atoms in total. The van der Waals surface area contributed by atoms with Crippen LogP contribution in [0.3, 0.4) is 0 Å². The lowest BCUT2D eigenvalue weighted by molar-refractivity contribution is -0.131. The zero-order chi connectivity index (χ0) is 16.1. The van der Waals surface area contributed by atoms with Gasteiger partial charge in [-0.2, -0.15) is 0 Å². The van der Waals surface area contributed by atoms with Crippen molar-refractivity contribution in [3.05, 3.63) is 52.2 Å². The van der Waals surface area contributed by atoms with Crippen LogP contribution in [0.2, 0.25) is 0 Å². The van der Waals surface area contributed by atoms with Crippen LogP contribution < -0.4 is 5.32 Å². The van der Waals surface area contributed by atoms with Gasteiger partial charge in [0.1, 0.15) is 11.5 Å². The smallest absolute Gasteiger partial charge is 0.270 e. The molecule has 2 amide bonds. The molecular formula is C16H16N2O4S. The topological polar surface area (TPSA) is 71.8 Å². The van der Waals surface area contributed by atoms with E-state index in [9.17, 15) is 9.59 Å². The molecule has 23 heavy (non-hydrogen) atoms. The van der Waals surface area contributed by atoms with E-state index in [0.717, 1.165) is 0 Å². The van der Waals surface area contributed by atoms with Crippen LogP contribution in [0.1, 0.15) is 15.4 Å². The summed E-state index contributed by atoms with van der Waals surface area (Å²) in [6.07, 6.45) is 3.06. The van der Waals surface area contributed by atoms with Crippen LogP contribution in [0.25, 0.3) is 6.08 Å². The van der Waals surface area contributed by atoms with Gasteiger partial charge in [-0.25, -0.2) is 0 Å². The Morgan fingerprint density at radius 2 is 2.04 bits per heavy atom. The predicted octanol–water partition coefficient (Wildman–Crippen LogP) is 1.97. The van der Waals surface area contributed by atoms with Crippen molar-refractivity contribution < 1.29 is 18.7 Å². The number of nitrogens with zero attached hydrogens (tertiary/aromatic N) is 1. The summed E-state index contributed by atoms with van der Waals surface area (Å²) in [5, 5.41) is 4.51. The minimum atomic E-state index is -0.306. The molecule has 0 bridgehead atoms. The Bertz CT molecular complexity index is 686. The second-order valence-electron chi connectivity index (χ2n) is 4.91. The van der Waals surface area contributed by atoms with Crippen molar-refractivity contribution in [2.24, 2.45) is 0 Å². The molecule has 1 aliphatic heterocycles. The number of furan rings is 1. The fraction of sp³-hybridized carbons (Fsp3) is 0.250. The van der Waals surface area contributed by atoms with Crippen molar-refractivity contribution in [1.29, 1.82) is 0 Å². The van der Waals surface area contributed by atoms with Gasteiger partial charge in [-0.1, -0.05) is 6.07 Å². The minimum Gasteiger partial charge on any atom is -0.465 e. The molecule has 3 rings (SSSR count). The van der Waals surface area contributed by atoms with Gasteiger partial charge in [0.2, 0.25) is 0 Å². The predicted molar refractivity (Wildman–Crippen MR) is 85.9 cm³/mol. The van der Waals surface area contributed by atoms with E-state index in [1.54, 1.807) is 35.2 Å². The van der Waals surface area contributed by atoms with E-state index in [0.29, 0.717) is 36.9 Å². The summed E-state index contributed by atoms with van der Waals surface area (Å²) in [6.45, 7) is 2.00. The number of morpholine rings is 1. The van der Waals surface area contributed by atoms with Crippen molar-refractivity contribution in [3.8, 4) is 0 Å². The third-order valence-electron chi connectivity index (χ3n) is 3.35. The first-order valence-electron chi connectivity index (χ1n) is 7.21. The average Bonchev–Trinajstić information content (AvgIpc) is 3.28. The maximum atomic E-state index is 12.7. The molecule has 0 aromatic carbocycles. The van der Waals surface area contributed by atoms with Gasteiger partial charge in [-0.3, -0.25) is 9.59 Å². The van der Waals surface area contributed by atoms with E-state index in [-0.39, 0.29) is 17.5 Å². The van der Waals surface area contributed by atoms with Crippen LogP contribution in [0.5, 0.6) is 0 Å². The Morgan fingerprint density at radius 1 is 1.22 bits per heavy atom. The molecule has 0 unspecified atom stereocenters. The maximum absolute atomic E-state index is 12.7. The van der Waals surface area contributed by atoms with Gasteiger partial charge in [0, 0.05) is 19.2 Å². The number of nitrogens with one attached hydrogen (secondary N) is 1. The quantitative estimate of drug-likeness (QED) is 0.869. The van der Waals surface area contributed by atoms with Gasteiger partial charge < -0.3 is 19.4 Å². The van der Waals surface area contributed by atoms with E-state index in [2.05, 4.69) is 5.32 Å². The lowest BCUT2D eigenvalue weighted by Crippen LogP contribution is -2.44. The number of hydrogen-bond acceptors (Lipinski definition) is 5. The number of ether oxygens (including phenoxy) is 1. The number of thiophene rings is 1. The Balaban J connectivity index is 1.81. The first kappa shape index (κ1) is 15.5. The molecule has 1 aliphatic rings. The van der Waals surface area contributed by atoms with Gasteiger partial charge in [0.15, 0.2) is 0 Å². The highest BCUT2D eigenvalue weighted by Crippen LogP contribution is 2.13. The number of carbonyl (C=O) groups excluding carboxylic acids is 2. The number of hydrogen-bond donors (Lipinski definition) is 1. The van der Waals surface area contributed by atoms with Crippen LogP contribution in [-0.2, 0) is 9.53 Å². The molecule has 0 atom stereocenters. The van der Waals surface area contributed by atoms with Crippen molar-refractivity contribution in [3.63, 3.8) is 0 Å². The second kappa shape index (κ2) is 7.26. The van der Waals surface area contributed by atoms with Gasteiger partial charge in [0.25, 0.3) is 11.8 Å². The highest BCUT2D eigenvalue weighted by atomic mass is 32.1. The number of carbonyl (C=O) groups is 2. The first-order valence-corrected chi connectivity index (χ1v) is 8.09. The van der Waals surface area contributed by atoms with E-state index in [4.69, 9.17) is 9.15 Å². The third-order valence-corrected chi connectivity index (χ3v) is 4.22. The Morgan fingerprint density at radius 3 is 2.70 bits per heavy atom. The molecule has 0 saturated carbocycles. The van der Waals surface area contributed by atoms with E-state index < -0.39 is 0 Å². The Hall–Kier alpha value is -2.38. The normalized spacial score (nSPS) is 15.5. The number of rotatable bonds is 4. The summed E-state index contributed by atoms with van der Waals surface area (Å²) < 4.78 is 10.5. The van der Waals surface area contributed by atoms with Gasteiger partial charge >= 0.3 is 0 Å². The summed E-state index contributed by atoms with van der Waals surface area (Å²) in [6, 6.07) is 6.96. The maximum Gasteiger partial charge on any atom is 0.270 e. The fourth-order valence-corrected chi connectivity index (χ4v) is 2.81. The Labute approximate surface area is 137 Å². The van der Waals surface area contributed by atoms with E-state index in [1.165, 1.54) is 17.6 Å². The van der Waals surface area contributed by atoms with Crippen molar-refractivity contribution >= 4 is 29.2 Å². The van der Waals surface area contributed by atoms with Crippen molar-refractivity contribution in [2.75, 3.05) is 26.3 Å². The lowest BCUT2D eigenvalue weighted by atomic mass is 10.2. The minimum absolute atomic E-state index is 0.195. The van der Waals surface area contributed by atoms with E-state index >= 15 is 0 Å². The molecule has 7 heteroatoms. The summed E-state index contributed by atoms with van der Waals surface area (Å²) in [4.78, 5) is 27.1. The van der Waals surface area contributed by atoms with Crippen LogP contribution >= 0.6 is 11.3 Å². The summed E-state index contributed by atoms with van der Waals surface area (Å²) in [5.41, 5.74) is 0.195. The molecule has 1 fully saturated rings. The molecule has 1 saturated heterocycles. The zero-order valence-electron chi connectivity index (χ0n) is 12.4. The molecule has 0 radical (unpaired) electrons. The fourth-order valence-electron chi connectivity index (χ4n) is 2.20. The highest BCUT2D eigenvalue weighted by Gasteiger charge is 2.23. The number of amides is 2. The van der Waals surface area contributed by atoms with Crippen LogP contribution in [0.4, 0.5) is 0 Å². The summed E-state index contributed by atoms with van der Waals surface area (Å²) in [7, 11) is 0. The summed E-state index contributed by atoms with van der Waals surface area (Å²) in [5.74, 6) is -0.0397. The molecule has 2 aromatic rings. The molecule has 0 aliphatic carbocycles. The largest absolute Gasteiger partial charge is 0.465 e. The second-order valence-corrected chi connectivity index (χ2v) is 5.86. The van der Waals surface area contributed by atoms with Crippen molar-refractivity contribution in [2.45, 2.75) is 0 Å². The molecular weight excluding hydrogens is 316 g/mol. The van der Waals surface area contributed by atoms with E-state index in [1.807, 2.05) is 5.38 Å². The van der Waals surface area contributed by atoms with Gasteiger partial charge in [-0.15, -0.1) is 11.3 Å².